The summed E-state index contributed by atoms with van der Waals surface area (Å²) in [6, 6.07) is 15.2. The molecule has 0 N–H and O–H groups in total. The number of nitrogens with zero attached hydrogens (tertiary/aromatic N) is 1. The second-order valence-corrected chi connectivity index (χ2v) is 7.19. The van der Waals surface area contributed by atoms with Crippen molar-refractivity contribution in [3.8, 4) is 0 Å². The Bertz CT molecular complexity index is 752. The fourth-order valence-electron chi connectivity index (χ4n) is 2.18. The summed E-state index contributed by atoms with van der Waals surface area (Å²) in [5, 5.41) is 0. The molecule has 0 radical (unpaired) electrons. The molecule has 0 saturated heterocycles. The van der Waals surface area contributed by atoms with E-state index < -0.39 is 10.0 Å². The standard InChI is InChI=1S/C17H19NO3S/c1-13(15-7-5-4-6-8-15)18(3)22(20,21)17-11-9-16(10-12-17)14(2)19/h4-13H,1-3H3. The zero-order valence-corrected chi connectivity index (χ0v) is 13.7. The van der Waals surface area contributed by atoms with E-state index in [-0.39, 0.29) is 16.7 Å². The Kier molecular flexibility index (Phi) is 4.78. The molecule has 2 rings (SSSR count). The molecule has 0 aromatic heterocycles. The van der Waals surface area contributed by atoms with Gasteiger partial charge >= 0.3 is 0 Å². The summed E-state index contributed by atoms with van der Waals surface area (Å²) in [7, 11) is -2.05. The van der Waals surface area contributed by atoms with Gasteiger partial charge in [-0.2, -0.15) is 4.31 Å². The molecule has 0 fully saturated rings. The van der Waals surface area contributed by atoms with Crippen molar-refractivity contribution >= 4 is 15.8 Å². The Labute approximate surface area is 131 Å². The summed E-state index contributed by atoms with van der Waals surface area (Å²) in [5.74, 6) is -0.0880. The summed E-state index contributed by atoms with van der Waals surface area (Å²) in [5.41, 5.74) is 1.42. The quantitative estimate of drug-likeness (QED) is 0.795. The third-order valence-corrected chi connectivity index (χ3v) is 5.71. The third kappa shape index (κ3) is 3.26. The van der Waals surface area contributed by atoms with Crippen molar-refractivity contribution in [1.82, 2.24) is 4.31 Å². The number of ketones is 1. The van der Waals surface area contributed by atoms with Crippen LogP contribution in [0, 0.1) is 0 Å². The molecule has 1 atom stereocenters. The van der Waals surface area contributed by atoms with Crippen molar-refractivity contribution in [2.45, 2.75) is 24.8 Å². The minimum absolute atomic E-state index is 0.0880. The Morgan fingerprint density at radius 2 is 1.55 bits per heavy atom. The van der Waals surface area contributed by atoms with Crippen LogP contribution in [0.3, 0.4) is 0 Å². The number of rotatable bonds is 5. The molecule has 0 aliphatic heterocycles. The summed E-state index contributed by atoms with van der Waals surface area (Å²) in [6.07, 6.45) is 0. The van der Waals surface area contributed by atoms with Crippen LogP contribution in [0.25, 0.3) is 0 Å². The van der Waals surface area contributed by atoms with Gasteiger partial charge in [-0.25, -0.2) is 8.42 Å². The molecule has 116 valence electrons. The molecule has 22 heavy (non-hydrogen) atoms. The first-order valence-electron chi connectivity index (χ1n) is 6.98. The predicted octanol–water partition coefficient (Wildman–Crippen LogP) is 3.27. The van der Waals surface area contributed by atoms with Crippen LogP contribution in [0.15, 0.2) is 59.5 Å². The van der Waals surface area contributed by atoms with Crippen molar-refractivity contribution in [2.75, 3.05) is 7.05 Å². The highest BCUT2D eigenvalue weighted by atomic mass is 32.2. The first kappa shape index (κ1) is 16.4. The molecule has 0 saturated carbocycles. The highest BCUT2D eigenvalue weighted by Crippen LogP contribution is 2.25. The minimum atomic E-state index is -3.61. The van der Waals surface area contributed by atoms with E-state index in [0.29, 0.717) is 5.56 Å². The molecular weight excluding hydrogens is 298 g/mol. The minimum Gasteiger partial charge on any atom is -0.295 e. The maximum Gasteiger partial charge on any atom is 0.243 e. The fourth-order valence-corrected chi connectivity index (χ4v) is 3.53. The van der Waals surface area contributed by atoms with Gasteiger partial charge in [0.25, 0.3) is 0 Å². The first-order valence-corrected chi connectivity index (χ1v) is 8.42. The third-order valence-electron chi connectivity index (χ3n) is 3.77. The van der Waals surface area contributed by atoms with Gasteiger partial charge in [-0.15, -0.1) is 0 Å². The average Bonchev–Trinajstić information content (AvgIpc) is 2.54. The lowest BCUT2D eigenvalue weighted by Gasteiger charge is -2.24. The monoisotopic (exact) mass is 317 g/mol. The molecule has 0 bridgehead atoms. The fraction of sp³-hybridized carbons (Fsp3) is 0.235. The van der Waals surface area contributed by atoms with Gasteiger partial charge in [0.1, 0.15) is 0 Å². The zero-order valence-electron chi connectivity index (χ0n) is 12.9. The molecule has 1 unspecified atom stereocenters. The summed E-state index contributed by atoms with van der Waals surface area (Å²) in [6.45, 7) is 3.30. The summed E-state index contributed by atoms with van der Waals surface area (Å²) >= 11 is 0. The van der Waals surface area contributed by atoms with Gasteiger partial charge in [0.15, 0.2) is 5.78 Å². The average molecular weight is 317 g/mol. The van der Waals surface area contributed by atoms with E-state index >= 15 is 0 Å². The number of hydrogen-bond acceptors (Lipinski definition) is 3. The van der Waals surface area contributed by atoms with Crippen LogP contribution in [0.5, 0.6) is 0 Å². The van der Waals surface area contributed by atoms with E-state index in [2.05, 4.69) is 0 Å². The molecule has 5 heteroatoms. The van der Waals surface area contributed by atoms with Crippen LogP contribution in [0.4, 0.5) is 0 Å². The van der Waals surface area contributed by atoms with Gasteiger partial charge in [0.2, 0.25) is 10.0 Å². The van der Waals surface area contributed by atoms with Gasteiger partial charge in [-0.1, -0.05) is 42.5 Å². The van der Waals surface area contributed by atoms with Gasteiger partial charge in [0.05, 0.1) is 4.90 Å². The van der Waals surface area contributed by atoms with Crippen molar-refractivity contribution < 1.29 is 13.2 Å². The molecule has 0 aliphatic carbocycles. The molecule has 2 aromatic rings. The van der Waals surface area contributed by atoms with Crippen LogP contribution in [-0.2, 0) is 10.0 Å². The topological polar surface area (TPSA) is 54.5 Å². The summed E-state index contributed by atoms with van der Waals surface area (Å²) in [4.78, 5) is 11.5. The van der Waals surface area contributed by atoms with Crippen LogP contribution in [-0.4, -0.2) is 25.6 Å². The van der Waals surface area contributed by atoms with Crippen molar-refractivity contribution in [2.24, 2.45) is 0 Å². The van der Waals surface area contributed by atoms with E-state index in [0.717, 1.165) is 5.56 Å². The lowest BCUT2D eigenvalue weighted by Crippen LogP contribution is -2.29. The molecule has 0 aliphatic rings. The van der Waals surface area contributed by atoms with Gasteiger partial charge in [-0.3, -0.25) is 4.79 Å². The van der Waals surface area contributed by atoms with Gasteiger partial charge in [-0.05, 0) is 31.5 Å². The van der Waals surface area contributed by atoms with Crippen LogP contribution in [0.1, 0.15) is 35.8 Å². The zero-order chi connectivity index (χ0) is 16.3. The molecular formula is C17H19NO3S. The van der Waals surface area contributed by atoms with Crippen LogP contribution < -0.4 is 0 Å². The smallest absolute Gasteiger partial charge is 0.243 e. The normalized spacial score (nSPS) is 13.1. The SMILES string of the molecule is CC(=O)c1ccc(S(=O)(=O)N(C)C(C)c2ccccc2)cc1. The van der Waals surface area contributed by atoms with Gasteiger partial charge in [0, 0.05) is 18.7 Å². The largest absolute Gasteiger partial charge is 0.295 e. The number of carbonyl (C=O) groups excluding carboxylic acids is 1. The Morgan fingerprint density at radius 3 is 2.05 bits per heavy atom. The number of carbonyl (C=O) groups is 1. The molecule has 0 spiro atoms. The van der Waals surface area contributed by atoms with Crippen LogP contribution in [0.2, 0.25) is 0 Å². The van der Waals surface area contributed by atoms with E-state index in [1.165, 1.54) is 35.5 Å². The van der Waals surface area contributed by atoms with E-state index in [9.17, 15) is 13.2 Å². The van der Waals surface area contributed by atoms with Crippen molar-refractivity contribution in [3.05, 3.63) is 65.7 Å². The maximum atomic E-state index is 12.7. The molecule has 0 heterocycles. The van der Waals surface area contributed by atoms with Crippen molar-refractivity contribution in [1.29, 1.82) is 0 Å². The van der Waals surface area contributed by atoms with Crippen LogP contribution >= 0.6 is 0 Å². The lowest BCUT2D eigenvalue weighted by molar-refractivity contribution is 0.101. The Morgan fingerprint density at radius 1 is 1.00 bits per heavy atom. The number of sulfonamides is 1. The number of Topliss-reactive ketones (excluding diaryl/α,β-unsaturated/α-hetero) is 1. The molecule has 0 amide bonds. The first-order chi connectivity index (χ1) is 10.3. The lowest BCUT2D eigenvalue weighted by atomic mass is 10.1. The second-order valence-electron chi connectivity index (χ2n) is 5.19. The van der Waals surface area contributed by atoms with E-state index in [4.69, 9.17) is 0 Å². The van der Waals surface area contributed by atoms with Gasteiger partial charge < -0.3 is 0 Å². The predicted molar refractivity (Wildman–Crippen MR) is 86.3 cm³/mol. The number of hydrogen-bond donors (Lipinski definition) is 0. The molecule has 4 nitrogen and oxygen atoms in total. The Balaban J connectivity index is 2.31. The molecule has 2 aromatic carbocycles. The second kappa shape index (κ2) is 6.42. The number of benzene rings is 2. The Hall–Kier alpha value is -1.98. The summed E-state index contributed by atoms with van der Waals surface area (Å²) < 4.78 is 26.7. The highest BCUT2D eigenvalue weighted by Gasteiger charge is 2.26. The van der Waals surface area contributed by atoms with E-state index in [1.54, 1.807) is 7.05 Å². The highest BCUT2D eigenvalue weighted by molar-refractivity contribution is 7.89. The maximum absolute atomic E-state index is 12.7. The van der Waals surface area contributed by atoms with E-state index in [1.807, 2.05) is 37.3 Å². The van der Waals surface area contributed by atoms with Crippen molar-refractivity contribution in [3.63, 3.8) is 0 Å².